The number of alkyl halides is 2. The summed E-state index contributed by atoms with van der Waals surface area (Å²) in [4.78, 5) is 0. The third-order valence-electron chi connectivity index (χ3n) is 6.39. The lowest BCUT2D eigenvalue weighted by Crippen LogP contribution is -2.40. The minimum Gasteiger partial charge on any atom is -0.377 e. The Balaban J connectivity index is 1.96. The van der Waals surface area contributed by atoms with E-state index >= 15 is 0 Å². The summed E-state index contributed by atoms with van der Waals surface area (Å²) in [5, 5.41) is 18.0. The summed E-state index contributed by atoms with van der Waals surface area (Å²) < 4.78 is 28.7. The lowest BCUT2D eigenvalue weighted by Gasteiger charge is -2.36. The number of rotatable bonds is 10. The number of hydrogen-bond donors (Lipinski definition) is 2. The van der Waals surface area contributed by atoms with Crippen LogP contribution in [0.3, 0.4) is 0 Å². The molecule has 2 N–H and O–H groups in total. The van der Waals surface area contributed by atoms with Crippen molar-refractivity contribution in [2.45, 2.75) is 65.3 Å². The van der Waals surface area contributed by atoms with Gasteiger partial charge < -0.3 is 10.7 Å². The van der Waals surface area contributed by atoms with E-state index in [0.29, 0.717) is 5.56 Å². The zero-order valence-corrected chi connectivity index (χ0v) is 20.6. The number of halogens is 2. The Morgan fingerprint density at radius 3 is 2.79 bits per heavy atom. The van der Waals surface area contributed by atoms with Crippen molar-refractivity contribution in [3.63, 3.8) is 0 Å². The van der Waals surface area contributed by atoms with E-state index in [1.54, 1.807) is 43.1 Å². The standard InChI is InChI=1S/C28H36F2N4/c1-5-15-27(4)16-18-34(24-13-9-10-22(19-24)20-28(29,30)21(2)3)33-26(27)25(14-17-31)32-23-11-7-6-8-12-23/h6-11,13-14,16-19,21,23,31-32H,5,12,15,20H2,1-4H3/b25-14-,31-17?. The van der Waals surface area contributed by atoms with Crippen LogP contribution in [0, 0.1) is 16.7 Å². The lowest BCUT2D eigenvalue weighted by molar-refractivity contribution is -0.0439. The number of anilines is 1. The van der Waals surface area contributed by atoms with Crippen LogP contribution in [0.15, 0.2) is 77.7 Å². The van der Waals surface area contributed by atoms with Gasteiger partial charge in [0.1, 0.15) is 0 Å². The second-order valence-electron chi connectivity index (χ2n) is 9.59. The van der Waals surface area contributed by atoms with Gasteiger partial charge in [0.25, 0.3) is 5.92 Å². The molecule has 2 aliphatic rings. The van der Waals surface area contributed by atoms with Crippen molar-refractivity contribution in [3.8, 4) is 0 Å². The lowest BCUT2D eigenvalue weighted by atomic mass is 9.78. The van der Waals surface area contributed by atoms with Crippen molar-refractivity contribution in [2.75, 3.05) is 5.01 Å². The van der Waals surface area contributed by atoms with Gasteiger partial charge in [-0.15, -0.1) is 0 Å². The van der Waals surface area contributed by atoms with Crippen LogP contribution >= 0.6 is 0 Å². The molecule has 1 aliphatic carbocycles. The van der Waals surface area contributed by atoms with Crippen LogP contribution < -0.4 is 10.3 Å². The maximum atomic E-state index is 14.4. The highest BCUT2D eigenvalue weighted by Gasteiger charge is 2.35. The molecule has 1 aliphatic heterocycles. The van der Waals surface area contributed by atoms with Crippen LogP contribution in [-0.2, 0) is 6.42 Å². The number of hydrazone groups is 1. The van der Waals surface area contributed by atoms with E-state index in [4.69, 9.17) is 10.5 Å². The number of hydrogen-bond acceptors (Lipinski definition) is 4. The van der Waals surface area contributed by atoms with Crippen LogP contribution in [-0.4, -0.2) is 23.9 Å². The van der Waals surface area contributed by atoms with Crippen LogP contribution in [0.2, 0.25) is 0 Å². The molecule has 0 saturated carbocycles. The zero-order valence-electron chi connectivity index (χ0n) is 20.6. The quantitative estimate of drug-likeness (QED) is 0.364. The summed E-state index contributed by atoms with van der Waals surface area (Å²) in [6.07, 6.45) is 17.7. The monoisotopic (exact) mass is 466 g/mol. The third kappa shape index (κ3) is 6.10. The molecule has 1 heterocycles. The first kappa shape index (κ1) is 25.6. The van der Waals surface area contributed by atoms with Gasteiger partial charge in [0, 0.05) is 36.2 Å². The van der Waals surface area contributed by atoms with E-state index < -0.39 is 11.8 Å². The third-order valence-corrected chi connectivity index (χ3v) is 6.39. The molecule has 34 heavy (non-hydrogen) atoms. The summed E-state index contributed by atoms with van der Waals surface area (Å²) >= 11 is 0. The highest BCUT2D eigenvalue weighted by Crippen LogP contribution is 2.36. The normalized spacial score (nSPS) is 22.8. The van der Waals surface area contributed by atoms with Gasteiger partial charge in [-0.3, -0.25) is 0 Å². The van der Waals surface area contributed by atoms with Crippen molar-refractivity contribution in [1.29, 1.82) is 5.41 Å². The largest absolute Gasteiger partial charge is 0.377 e. The first-order chi connectivity index (χ1) is 16.2. The predicted octanol–water partition coefficient (Wildman–Crippen LogP) is 7.02. The van der Waals surface area contributed by atoms with Gasteiger partial charge in [-0.25, -0.2) is 13.8 Å². The Hall–Kier alpha value is -3.02. The molecule has 0 amide bonds. The van der Waals surface area contributed by atoms with Crippen molar-refractivity contribution >= 4 is 17.6 Å². The molecular weight excluding hydrogens is 430 g/mol. The Morgan fingerprint density at radius 2 is 2.15 bits per heavy atom. The smallest absolute Gasteiger partial charge is 0.254 e. The molecule has 0 aromatic heterocycles. The molecule has 1 aromatic carbocycles. The first-order valence-electron chi connectivity index (χ1n) is 12.0. The average Bonchev–Trinajstić information content (AvgIpc) is 2.80. The maximum absolute atomic E-state index is 14.4. The summed E-state index contributed by atoms with van der Waals surface area (Å²) in [6.45, 7) is 7.39. The van der Waals surface area contributed by atoms with Gasteiger partial charge in [0.15, 0.2) is 0 Å². The van der Waals surface area contributed by atoms with E-state index in [0.717, 1.165) is 36.4 Å². The second kappa shape index (κ2) is 10.9. The van der Waals surface area contributed by atoms with Crippen LogP contribution in [0.1, 0.15) is 52.5 Å². The van der Waals surface area contributed by atoms with Crippen molar-refractivity contribution in [3.05, 3.63) is 78.2 Å². The molecule has 6 heteroatoms. The molecule has 0 spiro atoms. The Kier molecular flexibility index (Phi) is 8.24. The van der Waals surface area contributed by atoms with E-state index in [1.165, 1.54) is 6.21 Å². The SMILES string of the molecule is CCCC1(C)C=CN(c2cccc(CC(F)(F)C(C)C)c2)N=C1/C(=C/C=N)NC1C=CC=CC1. The molecule has 0 radical (unpaired) electrons. The zero-order chi connectivity index (χ0) is 24.8. The molecule has 0 bridgehead atoms. The predicted molar refractivity (Wildman–Crippen MR) is 139 cm³/mol. The molecule has 182 valence electrons. The molecule has 2 atom stereocenters. The van der Waals surface area contributed by atoms with E-state index in [-0.39, 0.29) is 17.9 Å². The van der Waals surface area contributed by atoms with Crippen LogP contribution in [0.5, 0.6) is 0 Å². The topological polar surface area (TPSA) is 51.5 Å². The minimum atomic E-state index is -2.77. The fourth-order valence-corrected chi connectivity index (χ4v) is 4.25. The maximum Gasteiger partial charge on any atom is 0.254 e. The fourth-order valence-electron chi connectivity index (χ4n) is 4.25. The van der Waals surface area contributed by atoms with Crippen molar-refractivity contribution in [2.24, 2.45) is 16.4 Å². The van der Waals surface area contributed by atoms with Crippen molar-refractivity contribution in [1.82, 2.24) is 5.32 Å². The average molecular weight is 467 g/mol. The molecular formula is C28H36F2N4. The highest BCUT2D eigenvalue weighted by molar-refractivity contribution is 6.08. The number of nitrogens with zero attached hydrogens (tertiary/aromatic N) is 2. The Bertz CT molecular complexity index is 1020. The Morgan fingerprint density at radius 1 is 1.35 bits per heavy atom. The number of allylic oxidation sites excluding steroid dienone is 5. The van der Waals surface area contributed by atoms with E-state index in [9.17, 15) is 8.78 Å². The van der Waals surface area contributed by atoms with Gasteiger partial charge in [0.05, 0.1) is 17.1 Å². The van der Waals surface area contributed by atoms with Gasteiger partial charge in [-0.1, -0.05) is 76.6 Å². The molecule has 0 fully saturated rings. The highest BCUT2D eigenvalue weighted by atomic mass is 19.3. The van der Waals surface area contributed by atoms with Crippen LogP contribution in [0.4, 0.5) is 14.5 Å². The van der Waals surface area contributed by atoms with Gasteiger partial charge in [0.2, 0.25) is 0 Å². The first-order valence-corrected chi connectivity index (χ1v) is 12.0. The van der Waals surface area contributed by atoms with Crippen LogP contribution in [0.25, 0.3) is 0 Å². The molecule has 4 nitrogen and oxygen atoms in total. The Labute approximate surface area is 202 Å². The summed E-state index contributed by atoms with van der Waals surface area (Å²) in [5.41, 5.74) is 2.63. The fraction of sp³-hybridized carbons (Fsp3) is 0.429. The second-order valence-corrected chi connectivity index (χ2v) is 9.59. The molecule has 1 aromatic rings. The number of benzene rings is 1. The van der Waals surface area contributed by atoms with Gasteiger partial charge in [-0.2, -0.15) is 5.10 Å². The minimum absolute atomic E-state index is 0.116. The molecule has 0 saturated heterocycles. The van der Waals surface area contributed by atoms with Gasteiger partial charge in [-0.05, 0) is 36.6 Å². The van der Waals surface area contributed by atoms with Crippen molar-refractivity contribution < 1.29 is 8.78 Å². The summed E-state index contributed by atoms with van der Waals surface area (Å²) in [7, 11) is 0. The summed E-state index contributed by atoms with van der Waals surface area (Å²) in [5.74, 6) is -3.50. The number of nitrogens with one attached hydrogen (secondary N) is 2. The van der Waals surface area contributed by atoms with E-state index in [1.807, 2.05) is 24.4 Å². The molecule has 2 unspecified atom stereocenters. The van der Waals surface area contributed by atoms with E-state index in [2.05, 4.69) is 37.4 Å². The van der Waals surface area contributed by atoms with Gasteiger partial charge >= 0.3 is 0 Å². The summed E-state index contributed by atoms with van der Waals surface area (Å²) in [6, 6.07) is 7.32. The molecule has 3 rings (SSSR count).